The molecule has 2 rings (SSSR count). The van der Waals surface area contributed by atoms with E-state index in [0.717, 1.165) is 23.1 Å². The molecule has 7 heteroatoms. The molecule has 0 unspecified atom stereocenters. The van der Waals surface area contributed by atoms with Crippen LogP contribution in [0.15, 0.2) is 24.3 Å². The van der Waals surface area contributed by atoms with Crippen molar-refractivity contribution in [1.29, 1.82) is 0 Å². The van der Waals surface area contributed by atoms with E-state index in [4.69, 9.17) is 9.84 Å². The van der Waals surface area contributed by atoms with Gasteiger partial charge in [-0.05, 0) is 30.5 Å². The Kier molecular flexibility index (Phi) is 5.35. The van der Waals surface area contributed by atoms with Crippen LogP contribution in [0.25, 0.3) is 5.69 Å². The van der Waals surface area contributed by atoms with Gasteiger partial charge in [0.1, 0.15) is 5.82 Å². The van der Waals surface area contributed by atoms with Gasteiger partial charge >= 0.3 is 5.97 Å². The van der Waals surface area contributed by atoms with Gasteiger partial charge in [0.15, 0.2) is 5.82 Å². The number of hydrogen-bond donors (Lipinski definition) is 1. The van der Waals surface area contributed by atoms with E-state index in [1.165, 1.54) is 0 Å². The average Bonchev–Trinajstić information content (AvgIpc) is 2.88. The summed E-state index contributed by atoms with van der Waals surface area (Å²) in [7, 11) is 1.64. The Morgan fingerprint density at radius 2 is 2.10 bits per heavy atom. The highest BCUT2D eigenvalue weighted by atomic mass is 32.2. The fourth-order valence-electron chi connectivity index (χ4n) is 1.87. The smallest absolute Gasteiger partial charge is 0.335 e. The second-order valence-electron chi connectivity index (χ2n) is 4.38. The highest BCUT2D eigenvalue weighted by Gasteiger charge is 2.12. The summed E-state index contributed by atoms with van der Waals surface area (Å²) in [5, 5.41) is 13.4. The van der Waals surface area contributed by atoms with Crippen molar-refractivity contribution in [1.82, 2.24) is 14.8 Å². The molecule has 0 fully saturated rings. The Balaban J connectivity index is 2.31. The van der Waals surface area contributed by atoms with Gasteiger partial charge in [0.25, 0.3) is 0 Å². The zero-order valence-corrected chi connectivity index (χ0v) is 12.8. The summed E-state index contributed by atoms with van der Waals surface area (Å²) in [6.45, 7) is 0.570. The predicted molar refractivity (Wildman–Crippen MR) is 81.1 cm³/mol. The number of ether oxygens (including phenoxy) is 1. The van der Waals surface area contributed by atoms with E-state index in [-0.39, 0.29) is 5.56 Å². The van der Waals surface area contributed by atoms with Crippen molar-refractivity contribution in [2.75, 3.05) is 20.0 Å². The Labute approximate surface area is 127 Å². The van der Waals surface area contributed by atoms with Crippen molar-refractivity contribution in [3.8, 4) is 5.69 Å². The molecule has 0 radical (unpaired) electrons. The Morgan fingerprint density at radius 1 is 1.38 bits per heavy atom. The van der Waals surface area contributed by atoms with E-state index >= 15 is 0 Å². The number of benzene rings is 1. The molecule has 0 amide bonds. The van der Waals surface area contributed by atoms with Crippen LogP contribution in [0.2, 0.25) is 0 Å². The third-order valence-electron chi connectivity index (χ3n) is 2.88. The van der Waals surface area contributed by atoms with Crippen LogP contribution in [-0.4, -0.2) is 45.8 Å². The Morgan fingerprint density at radius 3 is 2.67 bits per heavy atom. The molecule has 1 N–H and O–H groups in total. The maximum Gasteiger partial charge on any atom is 0.335 e. The minimum atomic E-state index is -0.940. The summed E-state index contributed by atoms with van der Waals surface area (Å²) in [6, 6.07) is 6.61. The summed E-state index contributed by atoms with van der Waals surface area (Å²) in [4.78, 5) is 15.4. The number of hydrogen-bond acceptors (Lipinski definition) is 5. The number of carboxylic acid groups (broad SMARTS) is 1. The van der Waals surface area contributed by atoms with Crippen LogP contribution in [-0.2, 0) is 16.9 Å². The monoisotopic (exact) mass is 307 g/mol. The SMILES string of the molecule is COCCc1nc(CSC)n(-c2ccc(C(=O)O)cc2)n1. The standard InChI is InChI=1S/C14H17N3O3S/c1-20-8-7-12-15-13(9-21-2)17(16-12)11-5-3-10(4-6-11)14(18)19/h3-6H,7-9H2,1-2H3,(H,18,19). The first-order chi connectivity index (χ1) is 10.2. The van der Waals surface area contributed by atoms with Gasteiger partial charge in [0, 0.05) is 13.5 Å². The zero-order chi connectivity index (χ0) is 15.2. The molecule has 0 aliphatic heterocycles. The number of rotatable bonds is 7. The number of nitrogens with zero attached hydrogens (tertiary/aromatic N) is 3. The van der Waals surface area contributed by atoms with E-state index in [1.807, 2.05) is 6.26 Å². The molecule has 1 heterocycles. The van der Waals surface area contributed by atoms with Crippen LogP contribution in [0, 0.1) is 0 Å². The topological polar surface area (TPSA) is 77.2 Å². The minimum absolute atomic E-state index is 0.255. The molecule has 0 saturated carbocycles. The Bertz CT molecular complexity index is 610. The molecule has 1 aromatic carbocycles. The quantitative estimate of drug-likeness (QED) is 0.843. The lowest BCUT2D eigenvalue weighted by Crippen LogP contribution is -2.03. The molecule has 0 aliphatic carbocycles. The van der Waals surface area contributed by atoms with E-state index in [9.17, 15) is 4.79 Å². The summed E-state index contributed by atoms with van der Waals surface area (Å²) in [6.07, 6.45) is 2.65. The number of aromatic carboxylic acids is 1. The highest BCUT2D eigenvalue weighted by Crippen LogP contribution is 2.15. The van der Waals surface area contributed by atoms with Crippen LogP contribution < -0.4 is 0 Å². The summed E-state index contributed by atoms with van der Waals surface area (Å²) in [5.41, 5.74) is 1.06. The normalized spacial score (nSPS) is 10.8. The van der Waals surface area contributed by atoms with Crippen LogP contribution in [0.1, 0.15) is 22.0 Å². The lowest BCUT2D eigenvalue weighted by molar-refractivity contribution is 0.0697. The molecule has 6 nitrogen and oxygen atoms in total. The maximum atomic E-state index is 10.9. The molecular formula is C14H17N3O3S. The van der Waals surface area contributed by atoms with Gasteiger partial charge in [-0.25, -0.2) is 14.5 Å². The number of aromatic nitrogens is 3. The van der Waals surface area contributed by atoms with Crippen molar-refractivity contribution in [3.05, 3.63) is 41.5 Å². The number of thioether (sulfide) groups is 1. The second kappa shape index (κ2) is 7.24. The lowest BCUT2D eigenvalue weighted by Gasteiger charge is -2.05. The van der Waals surface area contributed by atoms with Crippen molar-refractivity contribution >= 4 is 17.7 Å². The molecule has 2 aromatic rings. The van der Waals surface area contributed by atoms with Crippen LogP contribution >= 0.6 is 11.8 Å². The molecule has 1 aromatic heterocycles. The number of carbonyl (C=O) groups is 1. The van der Waals surface area contributed by atoms with Gasteiger partial charge in [-0.3, -0.25) is 0 Å². The summed E-state index contributed by atoms with van der Waals surface area (Å²) in [5.74, 6) is 1.37. The third kappa shape index (κ3) is 3.83. The van der Waals surface area contributed by atoms with Gasteiger partial charge in [-0.2, -0.15) is 16.9 Å². The molecule has 112 valence electrons. The van der Waals surface area contributed by atoms with Gasteiger partial charge in [0.05, 0.1) is 23.6 Å². The van der Waals surface area contributed by atoms with Crippen LogP contribution in [0.5, 0.6) is 0 Å². The van der Waals surface area contributed by atoms with Crippen LogP contribution in [0.3, 0.4) is 0 Å². The van der Waals surface area contributed by atoms with Crippen molar-refractivity contribution in [3.63, 3.8) is 0 Å². The van der Waals surface area contributed by atoms with E-state index in [1.54, 1.807) is 47.8 Å². The van der Waals surface area contributed by atoms with E-state index in [0.29, 0.717) is 13.0 Å². The summed E-state index contributed by atoms with van der Waals surface area (Å²) >= 11 is 1.66. The Hall–Kier alpha value is -1.86. The minimum Gasteiger partial charge on any atom is -0.478 e. The molecule has 0 aliphatic rings. The first-order valence-corrected chi connectivity index (χ1v) is 7.81. The fraction of sp³-hybridized carbons (Fsp3) is 0.357. The highest BCUT2D eigenvalue weighted by molar-refractivity contribution is 7.97. The largest absolute Gasteiger partial charge is 0.478 e. The van der Waals surface area contributed by atoms with E-state index in [2.05, 4.69) is 10.1 Å². The third-order valence-corrected chi connectivity index (χ3v) is 3.43. The maximum absolute atomic E-state index is 10.9. The van der Waals surface area contributed by atoms with Crippen LogP contribution in [0.4, 0.5) is 0 Å². The van der Waals surface area contributed by atoms with E-state index < -0.39 is 5.97 Å². The van der Waals surface area contributed by atoms with Crippen molar-refractivity contribution in [2.24, 2.45) is 0 Å². The molecule has 0 spiro atoms. The van der Waals surface area contributed by atoms with Gasteiger partial charge in [-0.1, -0.05) is 0 Å². The summed E-state index contributed by atoms with van der Waals surface area (Å²) < 4.78 is 6.80. The predicted octanol–water partition coefficient (Wildman–Crippen LogP) is 2.02. The number of carboxylic acids is 1. The zero-order valence-electron chi connectivity index (χ0n) is 11.9. The lowest BCUT2D eigenvalue weighted by atomic mass is 10.2. The van der Waals surface area contributed by atoms with Crippen molar-refractivity contribution in [2.45, 2.75) is 12.2 Å². The van der Waals surface area contributed by atoms with Crippen molar-refractivity contribution < 1.29 is 14.6 Å². The van der Waals surface area contributed by atoms with Gasteiger partial charge < -0.3 is 9.84 Å². The average molecular weight is 307 g/mol. The fourth-order valence-corrected chi connectivity index (χ4v) is 2.31. The number of methoxy groups -OCH3 is 1. The first kappa shape index (κ1) is 15.5. The molecule has 0 saturated heterocycles. The van der Waals surface area contributed by atoms with Gasteiger partial charge in [-0.15, -0.1) is 0 Å². The molecule has 21 heavy (non-hydrogen) atoms. The molecule has 0 bridgehead atoms. The second-order valence-corrected chi connectivity index (χ2v) is 5.25. The first-order valence-electron chi connectivity index (χ1n) is 6.42. The molecule has 0 atom stereocenters. The molecular weight excluding hydrogens is 290 g/mol. The van der Waals surface area contributed by atoms with Gasteiger partial charge in [0.2, 0.25) is 0 Å².